The van der Waals surface area contributed by atoms with E-state index in [2.05, 4.69) is 0 Å². The van der Waals surface area contributed by atoms with Crippen molar-refractivity contribution in [2.75, 3.05) is 13.7 Å². The average Bonchev–Trinajstić information content (AvgIpc) is 2.21. The third-order valence-electron chi connectivity index (χ3n) is 2.23. The van der Waals surface area contributed by atoms with Gasteiger partial charge in [0, 0.05) is 13.7 Å². The molecular weight excluding hydrogens is 179 g/mol. The molecule has 0 fully saturated rings. The molecule has 1 rings (SSSR count). The van der Waals surface area contributed by atoms with Crippen molar-refractivity contribution in [1.82, 2.24) is 0 Å². The van der Waals surface area contributed by atoms with E-state index in [-0.39, 0.29) is 5.82 Å². The number of aryl methyl sites for hydroxylation is 1. The normalized spacial score (nSPS) is 10.4. The smallest absolute Gasteiger partial charge is 0.123 e. The molecule has 1 aromatic carbocycles. The number of ether oxygens (including phenoxy) is 1. The molecule has 1 aromatic rings. The molecule has 0 heterocycles. The van der Waals surface area contributed by atoms with E-state index in [0.29, 0.717) is 0 Å². The lowest BCUT2D eigenvalue weighted by molar-refractivity contribution is 0.192. The Labute approximate surface area is 84.9 Å². The van der Waals surface area contributed by atoms with Crippen molar-refractivity contribution >= 4 is 0 Å². The second kappa shape index (κ2) is 6.55. The van der Waals surface area contributed by atoms with Gasteiger partial charge in [-0.15, -0.1) is 0 Å². The molecule has 1 nitrogen and oxygen atoms in total. The van der Waals surface area contributed by atoms with Crippen molar-refractivity contribution in [3.05, 3.63) is 35.6 Å². The average molecular weight is 196 g/mol. The molecule has 78 valence electrons. The first-order valence-corrected chi connectivity index (χ1v) is 5.06. The summed E-state index contributed by atoms with van der Waals surface area (Å²) in [6.07, 6.45) is 4.46. The van der Waals surface area contributed by atoms with E-state index in [9.17, 15) is 4.39 Å². The van der Waals surface area contributed by atoms with Gasteiger partial charge in [-0.1, -0.05) is 18.6 Å². The van der Waals surface area contributed by atoms with E-state index >= 15 is 0 Å². The maximum Gasteiger partial charge on any atom is 0.123 e. The first-order chi connectivity index (χ1) is 6.83. The van der Waals surface area contributed by atoms with Crippen LogP contribution >= 0.6 is 0 Å². The van der Waals surface area contributed by atoms with Crippen LogP contribution in [-0.4, -0.2) is 13.7 Å². The van der Waals surface area contributed by atoms with Crippen molar-refractivity contribution < 1.29 is 9.13 Å². The Bertz CT molecular complexity index is 243. The van der Waals surface area contributed by atoms with Gasteiger partial charge in [0.1, 0.15) is 5.82 Å². The maximum absolute atomic E-state index is 12.6. The minimum atomic E-state index is -0.159. The fraction of sp³-hybridized carbons (Fsp3) is 0.500. The van der Waals surface area contributed by atoms with Crippen molar-refractivity contribution in [2.24, 2.45) is 0 Å². The van der Waals surface area contributed by atoms with Gasteiger partial charge in [-0.3, -0.25) is 0 Å². The SMILES string of the molecule is COCCCCCc1ccc(F)cc1. The van der Waals surface area contributed by atoms with Gasteiger partial charge < -0.3 is 4.74 Å². The summed E-state index contributed by atoms with van der Waals surface area (Å²) in [7, 11) is 1.72. The predicted octanol–water partition coefficient (Wildman–Crippen LogP) is 3.18. The minimum absolute atomic E-state index is 0.159. The van der Waals surface area contributed by atoms with Crippen molar-refractivity contribution in [2.45, 2.75) is 25.7 Å². The van der Waals surface area contributed by atoms with Crippen LogP contribution in [0.1, 0.15) is 24.8 Å². The molecule has 0 aliphatic rings. The summed E-state index contributed by atoms with van der Waals surface area (Å²) in [5.41, 5.74) is 1.21. The third-order valence-corrected chi connectivity index (χ3v) is 2.23. The topological polar surface area (TPSA) is 9.23 Å². The zero-order valence-electron chi connectivity index (χ0n) is 8.63. The van der Waals surface area contributed by atoms with Crippen molar-refractivity contribution in [3.8, 4) is 0 Å². The van der Waals surface area contributed by atoms with E-state index in [1.54, 1.807) is 7.11 Å². The highest BCUT2D eigenvalue weighted by Gasteiger charge is 1.94. The molecule has 0 aliphatic carbocycles. The van der Waals surface area contributed by atoms with Crippen LogP contribution in [0, 0.1) is 5.82 Å². The molecule has 0 atom stereocenters. The number of halogens is 1. The van der Waals surface area contributed by atoms with Crippen LogP contribution in [0.25, 0.3) is 0 Å². The number of hydrogen-bond acceptors (Lipinski definition) is 1. The second-order valence-electron chi connectivity index (χ2n) is 3.43. The van der Waals surface area contributed by atoms with E-state index in [4.69, 9.17) is 4.74 Å². The molecule has 0 saturated heterocycles. The van der Waals surface area contributed by atoms with Crippen LogP contribution in [-0.2, 0) is 11.2 Å². The summed E-state index contributed by atoms with van der Waals surface area (Å²) < 4.78 is 17.5. The zero-order chi connectivity index (χ0) is 10.2. The second-order valence-corrected chi connectivity index (χ2v) is 3.43. The van der Waals surface area contributed by atoms with E-state index in [0.717, 1.165) is 25.9 Å². The van der Waals surface area contributed by atoms with Crippen LogP contribution < -0.4 is 0 Å². The van der Waals surface area contributed by atoms with Gasteiger partial charge in [-0.05, 0) is 37.0 Å². The lowest BCUT2D eigenvalue weighted by Crippen LogP contribution is -1.90. The Balaban J connectivity index is 2.15. The van der Waals surface area contributed by atoms with Crippen LogP contribution in [0.5, 0.6) is 0 Å². The maximum atomic E-state index is 12.6. The lowest BCUT2D eigenvalue weighted by Gasteiger charge is -2.01. The molecule has 14 heavy (non-hydrogen) atoms. The molecule has 0 N–H and O–H groups in total. The number of benzene rings is 1. The van der Waals surface area contributed by atoms with E-state index < -0.39 is 0 Å². The fourth-order valence-electron chi connectivity index (χ4n) is 1.40. The number of rotatable bonds is 6. The van der Waals surface area contributed by atoms with Gasteiger partial charge in [0.05, 0.1) is 0 Å². The van der Waals surface area contributed by atoms with Gasteiger partial charge in [0.2, 0.25) is 0 Å². The van der Waals surface area contributed by atoms with Crippen LogP contribution in [0.2, 0.25) is 0 Å². The Kier molecular flexibility index (Phi) is 5.23. The number of methoxy groups -OCH3 is 1. The summed E-state index contributed by atoms with van der Waals surface area (Å²) in [6.45, 7) is 0.837. The summed E-state index contributed by atoms with van der Waals surface area (Å²) >= 11 is 0. The molecular formula is C12H17FO. The lowest BCUT2D eigenvalue weighted by atomic mass is 10.1. The highest BCUT2D eigenvalue weighted by Crippen LogP contribution is 2.07. The van der Waals surface area contributed by atoms with E-state index in [1.807, 2.05) is 12.1 Å². The van der Waals surface area contributed by atoms with Crippen LogP contribution in [0.15, 0.2) is 24.3 Å². The minimum Gasteiger partial charge on any atom is -0.385 e. The number of hydrogen-bond donors (Lipinski definition) is 0. The highest BCUT2D eigenvalue weighted by molar-refractivity contribution is 5.15. The van der Waals surface area contributed by atoms with Gasteiger partial charge in [0.25, 0.3) is 0 Å². The Morgan fingerprint density at radius 2 is 1.79 bits per heavy atom. The van der Waals surface area contributed by atoms with Crippen LogP contribution in [0.4, 0.5) is 4.39 Å². The van der Waals surface area contributed by atoms with Crippen LogP contribution in [0.3, 0.4) is 0 Å². The highest BCUT2D eigenvalue weighted by atomic mass is 19.1. The summed E-state index contributed by atoms with van der Waals surface area (Å²) in [4.78, 5) is 0. The molecule has 0 bridgehead atoms. The summed E-state index contributed by atoms with van der Waals surface area (Å²) in [5, 5.41) is 0. The molecule has 0 spiro atoms. The first kappa shape index (κ1) is 11.2. The monoisotopic (exact) mass is 196 g/mol. The largest absolute Gasteiger partial charge is 0.385 e. The van der Waals surface area contributed by atoms with Crippen molar-refractivity contribution in [1.29, 1.82) is 0 Å². The first-order valence-electron chi connectivity index (χ1n) is 5.06. The Morgan fingerprint density at radius 3 is 2.43 bits per heavy atom. The predicted molar refractivity (Wildman–Crippen MR) is 55.8 cm³/mol. The Hall–Kier alpha value is -0.890. The number of unbranched alkanes of at least 4 members (excludes halogenated alkanes) is 2. The third kappa shape index (κ3) is 4.38. The summed E-state index contributed by atoms with van der Waals surface area (Å²) in [6, 6.07) is 6.74. The summed E-state index contributed by atoms with van der Waals surface area (Å²) in [5.74, 6) is -0.159. The molecule has 0 amide bonds. The molecule has 0 aromatic heterocycles. The van der Waals surface area contributed by atoms with Gasteiger partial charge >= 0.3 is 0 Å². The molecule has 0 aliphatic heterocycles. The zero-order valence-corrected chi connectivity index (χ0v) is 8.63. The molecule has 0 saturated carbocycles. The van der Waals surface area contributed by atoms with Gasteiger partial charge in [-0.2, -0.15) is 0 Å². The quantitative estimate of drug-likeness (QED) is 0.635. The Morgan fingerprint density at radius 1 is 1.07 bits per heavy atom. The molecule has 0 radical (unpaired) electrons. The molecule has 0 unspecified atom stereocenters. The van der Waals surface area contributed by atoms with Gasteiger partial charge in [-0.25, -0.2) is 4.39 Å². The van der Waals surface area contributed by atoms with E-state index in [1.165, 1.54) is 24.1 Å². The standard InChI is InChI=1S/C12H17FO/c1-14-10-4-2-3-5-11-6-8-12(13)9-7-11/h6-9H,2-5,10H2,1H3. The molecule has 2 heteroatoms. The van der Waals surface area contributed by atoms with Gasteiger partial charge in [0.15, 0.2) is 0 Å². The van der Waals surface area contributed by atoms with Crippen molar-refractivity contribution in [3.63, 3.8) is 0 Å². The fourth-order valence-corrected chi connectivity index (χ4v) is 1.40.